The molecule has 0 saturated heterocycles. The van der Waals surface area contributed by atoms with E-state index in [0.717, 1.165) is 5.69 Å². The molecule has 6 nitrogen and oxygen atoms in total. The number of nitrogens with zero attached hydrogens (tertiary/aromatic N) is 3. The molecule has 2 aromatic rings. The molecule has 0 bridgehead atoms. The highest BCUT2D eigenvalue weighted by molar-refractivity contribution is 5.89. The van der Waals surface area contributed by atoms with Crippen LogP contribution in [-0.4, -0.2) is 20.9 Å². The number of hydrogen-bond donors (Lipinski definition) is 1. The van der Waals surface area contributed by atoms with Gasteiger partial charge in [-0.3, -0.25) is 0 Å². The van der Waals surface area contributed by atoms with Gasteiger partial charge in [0.25, 0.3) is 0 Å². The number of ether oxygens (including phenoxy) is 1. The number of nitriles is 1. The summed E-state index contributed by atoms with van der Waals surface area (Å²) in [5.74, 6) is 0.145. The Morgan fingerprint density at radius 1 is 1.42 bits per heavy atom. The van der Waals surface area contributed by atoms with Crippen LogP contribution in [0.25, 0.3) is 0 Å². The number of carbonyl (C=O) groups is 1. The first kappa shape index (κ1) is 12.8. The molecule has 0 radical (unpaired) electrons. The predicted octanol–water partition coefficient (Wildman–Crippen LogP) is 1.65. The topological polar surface area (TPSA) is 91.7 Å². The Hall–Kier alpha value is -2.68. The number of nitrogens with one attached hydrogen (secondary N) is 1. The van der Waals surface area contributed by atoms with E-state index in [-0.39, 0.29) is 6.61 Å². The minimum atomic E-state index is -0.494. The fraction of sp³-hybridized carbons (Fsp3) is 0.231. The van der Waals surface area contributed by atoms with Gasteiger partial charge in [-0.1, -0.05) is 0 Å². The van der Waals surface area contributed by atoms with E-state index >= 15 is 0 Å². The Morgan fingerprint density at radius 3 is 2.84 bits per heavy atom. The third-order valence-corrected chi connectivity index (χ3v) is 2.41. The fourth-order valence-electron chi connectivity index (χ4n) is 1.67. The highest BCUT2D eigenvalue weighted by Gasteiger charge is 2.10. The second-order valence-corrected chi connectivity index (χ2v) is 4.04. The van der Waals surface area contributed by atoms with Crippen molar-refractivity contribution in [3.8, 4) is 6.07 Å². The van der Waals surface area contributed by atoms with Crippen molar-refractivity contribution in [2.45, 2.75) is 20.5 Å². The summed E-state index contributed by atoms with van der Waals surface area (Å²) in [7, 11) is 0. The third-order valence-electron chi connectivity index (χ3n) is 2.41. The summed E-state index contributed by atoms with van der Waals surface area (Å²) in [5.41, 5.74) is 2.11. The Kier molecular flexibility index (Phi) is 3.57. The molecule has 2 aromatic heterocycles. The zero-order chi connectivity index (χ0) is 13.8. The lowest BCUT2D eigenvalue weighted by Crippen LogP contribution is -2.06. The van der Waals surface area contributed by atoms with Crippen LogP contribution in [0.5, 0.6) is 0 Å². The van der Waals surface area contributed by atoms with Crippen LogP contribution in [0.3, 0.4) is 0 Å². The van der Waals surface area contributed by atoms with Crippen molar-refractivity contribution in [3.63, 3.8) is 0 Å². The van der Waals surface area contributed by atoms with Gasteiger partial charge in [-0.2, -0.15) is 5.26 Å². The van der Waals surface area contributed by atoms with Crippen molar-refractivity contribution in [2.24, 2.45) is 0 Å². The smallest absolute Gasteiger partial charge is 0.340 e. The van der Waals surface area contributed by atoms with Crippen LogP contribution in [0, 0.1) is 25.2 Å². The van der Waals surface area contributed by atoms with E-state index in [9.17, 15) is 4.79 Å². The van der Waals surface area contributed by atoms with Gasteiger partial charge in [0.15, 0.2) is 0 Å². The standard InChI is InChI=1S/C13H12N4O2/c1-8-3-12(17-9(2)16-8)7-19-13(18)10-4-11(5-14)15-6-10/h3-4,6,15H,7H2,1-2H3. The lowest BCUT2D eigenvalue weighted by atomic mass is 10.3. The van der Waals surface area contributed by atoms with E-state index in [1.807, 2.05) is 13.0 Å². The molecule has 1 N–H and O–H groups in total. The van der Waals surface area contributed by atoms with E-state index in [2.05, 4.69) is 15.0 Å². The second kappa shape index (κ2) is 5.31. The van der Waals surface area contributed by atoms with Crippen molar-refractivity contribution < 1.29 is 9.53 Å². The Balaban J connectivity index is 2.02. The number of H-pyrrole nitrogens is 1. The van der Waals surface area contributed by atoms with Crippen LogP contribution in [-0.2, 0) is 11.3 Å². The van der Waals surface area contributed by atoms with Gasteiger partial charge >= 0.3 is 5.97 Å². The molecule has 0 spiro atoms. The van der Waals surface area contributed by atoms with Crippen LogP contribution in [0.4, 0.5) is 0 Å². The van der Waals surface area contributed by atoms with E-state index in [1.165, 1.54) is 12.3 Å². The molecule has 0 unspecified atom stereocenters. The summed E-state index contributed by atoms with van der Waals surface area (Å²) in [6, 6.07) is 5.11. The molecule has 0 amide bonds. The van der Waals surface area contributed by atoms with Gasteiger partial charge in [0.1, 0.15) is 24.2 Å². The van der Waals surface area contributed by atoms with Crippen LogP contribution in [0.15, 0.2) is 18.3 Å². The van der Waals surface area contributed by atoms with Gasteiger partial charge in [-0.15, -0.1) is 0 Å². The summed E-state index contributed by atoms with van der Waals surface area (Å²) in [4.78, 5) is 22.7. The molecular formula is C13H12N4O2. The van der Waals surface area contributed by atoms with Gasteiger partial charge in [-0.25, -0.2) is 14.8 Å². The summed E-state index contributed by atoms with van der Waals surface area (Å²) in [5, 5.41) is 8.65. The molecule has 0 fully saturated rings. The Morgan fingerprint density at radius 2 is 2.21 bits per heavy atom. The van der Waals surface area contributed by atoms with Crippen molar-refractivity contribution in [1.82, 2.24) is 15.0 Å². The van der Waals surface area contributed by atoms with Crippen LogP contribution >= 0.6 is 0 Å². The molecule has 0 aromatic carbocycles. The van der Waals surface area contributed by atoms with Gasteiger partial charge < -0.3 is 9.72 Å². The number of aryl methyl sites for hydroxylation is 2. The average molecular weight is 256 g/mol. The molecule has 96 valence electrons. The van der Waals surface area contributed by atoms with Crippen LogP contribution in [0.1, 0.15) is 33.3 Å². The van der Waals surface area contributed by atoms with Crippen molar-refractivity contribution in [2.75, 3.05) is 0 Å². The largest absolute Gasteiger partial charge is 0.456 e. The maximum Gasteiger partial charge on any atom is 0.340 e. The summed E-state index contributed by atoms with van der Waals surface area (Å²) in [6.45, 7) is 3.71. The minimum Gasteiger partial charge on any atom is -0.456 e. The van der Waals surface area contributed by atoms with Gasteiger partial charge in [0, 0.05) is 11.9 Å². The molecule has 6 heteroatoms. The summed E-state index contributed by atoms with van der Waals surface area (Å²) < 4.78 is 5.12. The first-order valence-electron chi connectivity index (χ1n) is 5.65. The van der Waals surface area contributed by atoms with Crippen molar-refractivity contribution in [1.29, 1.82) is 5.26 Å². The molecule has 0 aliphatic carbocycles. The summed E-state index contributed by atoms with van der Waals surface area (Å²) in [6.07, 6.45) is 1.44. The molecule has 0 aliphatic heterocycles. The first-order valence-corrected chi connectivity index (χ1v) is 5.65. The summed E-state index contributed by atoms with van der Waals surface area (Å²) >= 11 is 0. The Labute approximate surface area is 110 Å². The molecular weight excluding hydrogens is 244 g/mol. The quantitative estimate of drug-likeness (QED) is 0.843. The molecule has 2 rings (SSSR count). The minimum absolute atomic E-state index is 0.0795. The van der Waals surface area contributed by atoms with Crippen LogP contribution in [0.2, 0.25) is 0 Å². The van der Waals surface area contributed by atoms with Gasteiger partial charge in [0.2, 0.25) is 0 Å². The average Bonchev–Trinajstić information content (AvgIpc) is 2.83. The normalized spacial score (nSPS) is 9.95. The maximum absolute atomic E-state index is 11.7. The number of esters is 1. The van der Waals surface area contributed by atoms with Gasteiger partial charge in [-0.05, 0) is 26.0 Å². The van der Waals surface area contributed by atoms with Crippen molar-refractivity contribution in [3.05, 3.63) is 46.8 Å². The number of carbonyl (C=O) groups excluding carboxylic acids is 1. The van der Waals surface area contributed by atoms with Crippen LogP contribution < -0.4 is 0 Å². The molecule has 19 heavy (non-hydrogen) atoms. The zero-order valence-electron chi connectivity index (χ0n) is 10.6. The number of hydrogen-bond acceptors (Lipinski definition) is 5. The maximum atomic E-state index is 11.7. The first-order chi connectivity index (χ1) is 9.08. The van der Waals surface area contributed by atoms with Crippen molar-refractivity contribution >= 4 is 5.97 Å². The lowest BCUT2D eigenvalue weighted by Gasteiger charge is -2.04. The van der Waals surface area contributed by atoms with E-state index in [4.69, 9.17) is 10.00 Å². The van der Waals surface area contributed by atoms with E-state index in [1.54, 1.807) is 13.0 Å². The molecule has 0 aliphatic rings. The van der Waals surface area contributed by atoms with Gasteiger partial charge in [0.05, 0.1) is 11.3 Å². The SMILES string of the molecule is Cc1cc(COC(=O)c2c[nH]c(C#N)c2)nc(C)n1. The fourth-order valence-corrected chi connectivity index (χ4v) is 1.67. The predicted molar refractivity (Wildman–Crippen MR) is 66.1 cm³/mol. The third kappa shape index (κ3) is 3.16. The number of rotatable bonds is 3. The molecule has 0 atom stereocenters. The lowest BCUT2D eigenvalue weighted by molar-refractivity contribution is 0.0467. The van der Waals surface area contributed by atoms with E-state index in [0.29, 0.717) is 22.8 Å². The zero-order valence-corrected chi connectivity index (χ0v) is 10.6. The number of aromatic nitrogens is 3. The van der Waals surface area contributed by atoms with E-state index < -0.39 is 5.97 Å². The highest BCUT2D eigenvalue weighted by atomic mass is 16.5. The molecule has 2 heterocycles. The second-order valence-electron chi connectivity index (χ2n) is 4.04. The Bertz CT molecular complexity index is 635. The molecule has 0 saturated carbocycles. The highest BCUT2D eigenvalue weighted by Crippen LogP contribution is 2.07. The monoisotopic (exact) mass is 256 g/mol. The number of aromatic amines is 1.